The lowest BCUT2D eigenvalue weighted by Crippen LogP contribution is -2.12. The summed E-state index contributed by atoms with van der Waals surface area (Å²) >= 11 is 0. The molecule has 0 bridgehead atoms. The van der Waals surface area contributed by atoms with Gasteiger partial charge in [-0.2, -0.15) is 0 Å². The molecule has 0 aliphatic heterocycles. The van der Waals surface area contributed by atoms with Crippen molar-refractivity contribution in [2.75, 3.05) is 11.1 Å². The summed E-state index contributed by atoms with van der Waals surface area (Å²) in [6.07, 6.45) is 0. The summed E-state index contributed by atoms with van der Waals surface area (Å²) in [5, 5.41) is 8.26. The van der Waals surface area contributed by atoms with Crippen LogP contribution in [0.25, 0.3) is 0 Å². The van der Waals surface area contributed by atoms with E-state index in [1.807, 2.05) is 18.2 Å². The largest absolute Gasteiger partial charge is 0.397 e. The highest BCUT2D eigenvalue weighted by Crippen LogP contribution is 2.27. The van der Waals surface area contributed by atoms with E-state index in [2.05, 4.69) is 25.2 Å². The Morgan fingerprint density at radius 2 is 1.81 bits per heavy atom. The van der Waals surface area contributed by atoms with Crippen molar-refractivity contribution < 1.29 is 8.42 Å². The maximum absolute atomic E-state index is 11.3. The Bertz CT molecular complexity index is 755. The maximum atomic E-state index is 11.3. The molecule has 0 atom stereocenters. The second-order valence-electron chi connectivity index (χ2n) is 5.20. The molecule has 0 aromatic heterocycles. The second kappa shape index (κ2) is 5.75. The average molecular weight is 305 g/mol. The zero-order valence-corrected chi connectivity index (χ0v) is 12.8. The lowest BCUT2D eigenvalue weighted by atomic mass is 10.0. The molecule has 0 fully saturated rings. The minimum absolute atomic E-state index is 0.00137. The monoisotopic (exact) mass is 305 g/mol. The predicted octanol–water partition coefficient (Wildman–Crippen LogP) is 2.78. The fourth-order valence-corrected chi connectivity index (χ4v) is 2.51. The second-order valence-corrected chi connectivity index (χ2v) is 6.76. The molecule has 0 saturated carbocycles. The third-order valence-corrected chi connectivity index (χ3v) is 4.09. The number of benzene rings is 2. The van der Waals surface area contributed by atoms with Crippen LogP contribution in [-0.4, -0.2) is 8.42 Å². The number of anilines is 3. The standard InChI is InChI=1S/C15H19N3O2S/c1-10(2)11-4-3-5-12(8-11)18-15-7-6-13(9-14(15)16)21(17,19)20/h3-10,18H,16H2,1-2H3,(H2,17,19,20). The van der Waals surface area contributed by atoms with Crippen LogP contribution < -0.4 is 16.2 Å². The van der Waals surface area contributed by atoms with Gasteiger partial charge in [-0.25, -0.2) is 13.6 Å². The molecule has 0 amide bonds. The predicted molar refractivity (Wildman–Crippen MR) is 86.0 cm³/mol. The Labute approximate surface area is 125 Å². The van der Waals surface area contributed by atoms with Crippen molar-refractivity contribution in [2.45, 2.75) is 24.7 Å². The van der Waals surface area contributed by atoms with E-state index in [1.54, 1.807) is 6.07 Å². The van der Waals surface area contributed by atoms with E-state index in [4.69, 9.17) is 10.9 Å². The molecule has 5 N–H and O–H groups in total. The molecular weight excluding hydrogens is 286 g/mol. The van der Waals surface area contributed by atoms with Gasteiger partial charge in [-0.1, -0.05) is 26.0 Å². The summed E-state index contributed by atoms with van der Waals surface area (Å²) < 4.78 is 22.6. The summed E-state index contributed by atoms with van der Waals surface area (Å²) in [7, 11) is -3.74. The topological polar surface area (TPSA) is 98.2 Å². The number of hydrogen-bond acceptors (Lipinski definition) is 4. The van der Waals surface area contributed by atoms with Crippen LogP contribution in [0.2, 0.25) is 0 Å². The van der Waals surface area contributed by atoms with E-state index in [9.17, 15) is 8.42 Å². The van der Waals surface area contributed by atoms with Crippen molar-refractivity contribution in [1.29, 1.82) is 0 Å². The van der Waals surface area contributed by atoms with Gasteiger partial charge in [0.05, 0.1) is 16.3 Å². The number of rotatable bonds is 4. The number of sulfonamides is 1. The number of nitrogens with two attached hydrogens (primary N) is 2. The molecule has 112 valence electrons. The van der Waals surface area contributed by atoms with Gasteiger partial charge in [0.15, 0.2) is 0 Å². The van der Waals surface area contributed by atoms with Crippen LogP contribution in [0.4, 0.5) is 17.1 Å². The number of nitrogen functional groups attached to an aromatic ring is 1. The van der Waals surface area contributed by atoms with Crippen LogP contribution in [0, 0.1) is 0 Å². The molecule has 2 rings (SSSR count). The first-order valence-electron chi connectivity index (χ1n) is 6.56. The zero-order valence-electron chi connectivity index (χ0n) is 12.0. The third kappa shape index (κ3) is 3.74. The summed E-state index contributed by atoms with van der Waals surface area (Å²) in [6.45, 7) is 4.24. The molecular formula is C15H19N3O2S. The van der Waals surface area contributed by atoms with Gasteiger partial charge in [-0.15, -0.1) is 0 Å². The molecule has 0 aliphatic rings. The highest BCUT2D eigenvalue weighted by atomic mass is 32.2. The quantitative estimate of drug-likeness (QED) is 0.756. The van der Waals surface area contributed by atoms with Crippen LogP contribution in [0.15, 0.2) is 47.4 Å². The smallest absolute Gasteiger partial charge is 0.238 e. The van der Waals surface area contributed by atoms with E-state index in [0.29, 0.717) is 17.3 Å². The van der Waals surface area contributed by atoms with E-state index < -0.39 is 10.0 Å². The minimum atomic E-state index is -3.74. The lowest BCUT2D eigenvalue weighted by molar-refractivity contribution is 0.598. The molecule has 5 nitrogen and oxygen atoms in total. The Hall–Kier alpha value is -2.05. The van der Waals surface area contributed by atoms with Crippen molar-refractivity contribution in [3.05, 3.63) is 48.0 Å². The van der Waals surface area contributed by atoms with E-state index in [1.165, 1.54) is 17.7 Å². The normalized spacial score (nSPS) is 11.6. The van der Waals surface area contributed by atoms with Gasteiger partial charge >= 0.3 is 0 Å². The lowest BCUT2D eigenvalue weighted by Gasteiger charge is -2.12. The highest BCUT2D eigenvalue weighted by molar-refractivity contribution is 7.89. The van der Waals surface area contributed by atoms with E-state index in [-0.39, 0.29) is 4.90 Å². The van der Waals surface area contributed by atoms with Gasteiger partial charge in [0.1, 0.15) is 0 Å². The molecule has 2 aromatic rings. The first kappa shape index (κ1) is 15.3. The molecule has 0 saturated heterocycles. The fraction of sp³-hybridized carbons (Fsp3) is 0.200. The van der Waals surface area contributed by atoms with Gasteiger partial charge in [0, 0.05) is 5.69 Å². The first-order valence-corrected chi connectivity index (χ1v) is 8.11. The van der Waals surface area contributed by atoms with Crippen molar-refractivity contribution >= 4 is 27.1 Å². The van der Waals surface area contributed by atoms with E-state index in [0.717, 1.165) is 5.69 Å². The van der Waals surface area contributed by atoms with Crippen LogP contribution in [0.3, 0.4) is 0 Å². The van der Waals surface area contributed by atoms with Gasteiger partial charge in [-0.3, -0.25) is 0 Å². The fourth-order valence-electron chi connectivity index (χ4n) is 1.96. The van der Waals surface area contributed by atoms with Crippen molar-refractivity contribution in [2.24, 2.45) is 5.14 Å². The Morgan fingerprint density at radius 3 is 2.38 bits per heavy atom. The van der Waals surface area contributed by atoms with Gasteiger partial charge < -0.3 is 11.1 Å². The molecule has 21 heavy (non-hydrogen) atoms. The number of hydrogen-bond donors (Lipinski definition) is 3. The molecule has 0 spiro atoms. The Kier molecular flexibility index (Phi) is 4.20. The van der Waals surface area contributed by atoms with Crippen LogP contribution >= 0.6 is 0 Å². The van der Waals surface area contributed by atoms with Crippen LogP contribution in [0.1, 0.15) is 25.3 Å². The third-order valence-electron chi connectivity index (χ3n) is 3.18. The first-order chi connectivity index (χ1) is 9.77. The summed E-state index contributed by atoms with van der Waals surface area (Å²) in [6, 6.07) is 12.4. The molecule has 0 heterocycles. The average Bonchev–Trinajstić information content (AvgIpc) is 2.40. The molecule has 6 heteroatoms. The zero-order chi connectivity index (χ0) is 15.6. The molecule has 0 radical (unpaired) electrons. The summed E-state index contributed by atoms with van der Waals surface area (Å²) in [5.74, 6) is 0.425. The number of primary sulfonamides is 1. The van der Waals surface area contributed by atoms with Crippen LogP contribution in [0.5, 0.6) is 0 Å². The Morgan fingerprint density at radius 1 is 1.10 bits per heavy atom. The van der Waals surface area contributed by atoms with Crippen molar-refractivity contribution in [3.63, 3.8) is 0 Å². The van der Waals surface area contributed by atoms with Crippen molar-refractivity contribution in [3.8, 4) is 0 Å². The van der Waals surface area contributed by atoms with Gasteiger partial charge in [0.25, 0.3) is 0 Å². The number of nitrogens with one attached hydrogen (secondary N) is 1. The van der Waals surface area contributed by atoms with Gasteiger partial charge in [0.2, 0.25) is 10.0 Å². The Balaban J connectivity index is 2.30. The maximum Gasteiger partial charge on any atom is 0.238 e. The summed E-state index contributed by atoms with van der Waals surface area (Å²) in [4.78, 5) is 0.00137. The SMILES string of the molecule is CC(C)c1cccc(Nc2ccc(S(N)(=O)=O)cc2N)c1. The minimum Gasteiger partial charge on any atom is -0.397 e. The van der Waals surface area contributed by atoms with Gasteiger partial charge in [-0.05, 0) is 41.8 Å². The molecule has 2 aromatic carbocycles. The van der Waals surface area contributed by atoms with E-state index >= 15 is 0 Å². The summed E-state index contributed by atoms with van der Waals surface area (Å²) in [5.41, 5.74) is 8.96. The molecule has 0 aliphatic carbocycles. The van der Waals surface area contributed by atoms with Crippen LogP contribution in [-0.2, 0) is 10.0 Å². The van der Waals surface area contributed by atoms with Crippen molar-refractivity contribution in [1.82, 2.24) is 0 Å². The highest BCUT2D eigenvalue weighted by Gasteiger charge is 2.10. The molecule has 0 unspecified atom stereocenters.